The molecule has 9 nitrogen and oxygen atoms in total. The lowest BCUT2D eigenvalue weighted by molar-refractivity contribution is -0.130. The maximum Gasteiger partial charge on any atom is 0.325 e. The average Bonchev–Trinajstić information content (AvgIpc) is 3.32. The number of nitrogens with zero attached hydrogens (tertiary/aromatic N) is 4. The summed E-state index contributed by atoms with van der Waals surface area (Å²) in [5.41, 5.74) is -0.716. The highest BCUT2D eigenvalue weighted by Gasteiger charge is 2.49. The number of ketones is 1. The number of carbonyl (C=O) groups excluding carboxylic acids is 3. The lowest BCUT2D eigenvalue weighted by Crippen LogP contribution is -2.41. The van der Waals surface area contributed by atoms with E-state index < -0.39 is 47.0 Å². The zero-order chi connectivity index (χ0) is 21.5. The molecule has 3 amide bonds. The third kappa shape index (κ3) is 3.19. The Morgan fingerprint density at radius 1 is 1.13 bits per heavy atom. The predicted molar refractivity (Wildman–Crippen MR) is 97.9 cm³/mol. The number of H-pyrrole nitrogens is 1. The molecule has 0 bridgehead atoms. The molecule has 2 aromatic carbocycles. The molecular weight excluding hydrogens is 398 g/mol. The maximum absolute atomic E-state index is 13.9. The van der Waals surface area contributed by atoms with Crippen molar-refractivity contribution in [3.63, 3.8) is 0 Å². The van der Waals surface area contributed by atoms with E-state index in [2.05, 4.69) is 25.9 Å². The summed E-state index contributed by atoms with van der Waals surface area (Å²) in [5.74, 6) is -3.03. The largest absolute Gasteiger partial charge is 0.325 e. The van der Waals surface area contributed by atoms with Gasteiger partial charge in [-0.2, -0.15) is 5.21 Å². The molecule has 4 rings (SSSR count). The third-order valence-corrected chi connectivity index (χ3v) is 4.87. The minimum Gasteiger partial charge on any atom is -0.319 e. The van der Waals surface area contributed by atoms with E-state index in [9.17, 15) is 23.2 Å². The Morgan fingerprint density at radius 3 is 2.50 bits per heavy atom. The van der Waals surface area contributed by atoms with Crippen LogP contribution in [0.5, 0.6) is 0 Å². The van der Waals surface area contributed by atoms with E-state index in [0.29, 0.717) is 27.9 Å². The van der Waals surface area contributed by atoms with E-state index in [1.54, 1.807) is 24.3 Å². The lowest BCUT2D eigenvalue weighted by atomic mass is 9.91. The number of amides is 3. The van der Waals surface area contributed by atoms with Gasteiger partial charge in [0.1, 0.15) is 17.2 Å². The van der Waals surface area contributed by atoms with Crippen molar-refractivity contribution in [2.45, 2.75) is 12.5 Å². The Balaban J connectivity index is 1.56. The number of tetrazole rings is 1. The molecule has 0 radical (unpaired) electrons. The van der Waals surface area contributed by atoms with Crippen LogP contribution in [0, 0.1) is 11.6 Å². The van der Waals surface area contributed by atoms with Crippen LogP contribution in [0.25, 0.3) is 11.4 Å². The predicted octanol–water partition coefficient (Wildman–Crippen LogP) is 1.79. The molecule has 3 aromatic rings. The zero-order valence-corrected chi connectivity index (χ0v) is 15.5. The van der Waals surface area contributed by atoms with Gasteiger partial charge in [-0.3, -0.25) is 14.5 Å². The molecule has 1 fully saturated rings. The number of carbonyl (C=O) groups is 3. The smallest absolute Gasteiger partial charge is 0.319 e. The quantitative estimate of drug-likeness (QED) is 0.487. The van der Waals surface area contributed by atoms with Gasteiger partial charge in [0.05, 0.1) is 12.1 Å². The van der Waals surface area contributed by atoms with Crippen molar-refractivity contribution in [1.82, 2.24) is 30.8 Å². The Bertz CT molecular complexity index is 1150. The average molecular weight is 412 g/mol. The monoisotopic (exact) mass is 412 g/mol. The van der Waals surface area contributed by atoms with E-state index in [4.69, 9.17) is 0 Å². The van der Waals surface area contributed by atoms with E-state index >= 15 is 0 Å². The summed E-state index contributed by atoms with van der Waals surface area (Å²) in [7, 11) is 0. The van der Waals surface area contributed by atoms with Crippen LogP contribution in [0.2, 0.25) is 0 Å². The summed E-state index contributed by atoms with van der Waals surface area (Å²) in [5, 5.41) is 16.1. The van der Waals surface area contributed by atoms with Crippen molar-refractivity contribution in [2.75, 3.05) is 6.54 Å². The van der Waals surface area contributed by atoms with Crippen molar-refractivity contribution in [3.05, 3.63) is 65.2 Å². The number of aromatic nitrogens is 4. The third-order valence-electron chi connectivity index (χ3n) is 4.87. The standard InChI is InChI=1S/C19H14F2N6O3/c1-19(11-4-2-10(3-5-11)16-23-25-26-24-16)17(29)27(18(30)22-19)9-15(28)13-7-6-12(20)8-14(13)21/h2-8H,9H2,1H3,(H,22,30)(H,23,24,25,26). The van der Waals surface area contributed by atoms with Crippen LogP contribution >= 0.6 is 0 Å². The summed E-state index contributed by atoms with van der Waals surface area (Å²) < 4.78 is 26.9. The van der Waals surface area contributed by atoms with E-state index in [0.717, 1.165) is 12.1 Å². The molecule has 2 N–H and O–H groups in total. The SMILES string of the molecule is CC1(c2ccc(-c3nn[nH]n3)cc2)NC(=O)N(CC(=O)c2ccc(F)cc2F)C1=O. The summed E-state index contributed by atoms with van der Waals surface area (Å²) in [6.45, 7) is 0.823. The molecular formula is C19H14F2N6O3. The number of urea groups is 1. The molecule has 1 atom stereocenters. The lowest BCUT2D eigenvalue weighted by Gasteiger charge is -2.22. The number of hydrogen-bond acceptors (Lipinski definition) is 6. The number of imide groups is 1. The number of aromatic amines is 1. The number of halogens is 2. The molecule has 0 aliphatic carbocycles. The first-order valence-electron chi connectivity index (χ1n) is 8.76. The minimum atomic E-state index is -1.42. The zero-order valence-electron chi connectivity index (χ0n) is 15.5. The molecule has 1 aliphatic rings. The normalized spacial score (nSPS) is 18.6. The number of Topliss-reactive ketones (excluding diaryl/α,β-unsaturated/α-hetero) is 1. The van der Waals surface area contributed by atoms with E-state index in [1.807, 2.05) is 0 Å². The maximum atomic E-state index is 13.9. The molecule has 0 spiro atoms. The Labute approximate surface area is 168 Å². The van der Waals surface area contributed by atoms with Crippen LogP contribution in [0.1, 0.15) is 22.8 Å². The molecule has 11 heteroatoms. The van der Waals surface area contributed by atoms with Crippen LogP contribution in [0.3, 0.4) is 0 Å². The highest BCUT2D eigenvalue weighted by molar-refractivity contribution is 6.11. The van der Waals surface area contributed by atoms with Crippen LogP contribution < -0.4 is 5.32 Å². The Kier molecular flexibility index (Phi) is 4.57. The van der Waals surface area contributed by atoms with Gasteiger partial charge in [-0.25, -0.2) is 13.6 Å². The van der Waals surface area contributed by atoms with E-state index in [1.165, 1.54) is 6.92 Å². The van der Waals surface area contributed by atoms with Crippen molar-refractivity contribution < 1.29 is 23.2 Å². The summed E-state index contributed by atoms with van der Waals surface area (Å²) in [4.78, 5) is 38.4. The number of hydrogen-bond donors (Lipinski definition) is 2. The fraction of sp³-hybridized carbons (Fsp3) is 0.158. The molecule has 2 heterocycles. The topological polar surface area (TPSA) is 121 Å². The second-order valence-corrected chi connectivity index (χ2v) is 6.81. The highest BCUT2D eigenvalue weighted by atomic mass is 19.1. The first-order valence-corrected chi connectivity index (χ1v) is 8.76. The number of rotatable bonds is 5. The minimum absolute atomic E-state index is 0.363. The molecule has 1 aliphatic heterocycles. The summed E-state index contributed by atoms with van der Waals surface area (Å²) in [6, 6.07) is 8.23. The summed E-state index contributed by atoms with van der Waals surface area (Å²) >= 11 is 0. The van der Waals surface area contributed by atoms with Gasteiger partial charge >= 0.3 is 6.03 Å². The fourth-order valence-corrected chi connectivity index (χ4v) is 3.22. The van der Waals surface area contributed by atoms with Gasteiger partial charge in [0.25, 0.3) is 5.91 Å². The Hall–Kier alpha value is -4.02. The van der Waals surface area contributed by atoms with Crippen LogP contribution in [0.4, 0.5) is 13.6 Å². The van der Waals surface area contributed by atoms with Crippen molar-refractivity contribution >= 4 is 17.7 Å². The van der Waals surface area contributed by atoms with Crippen LogP contribution in [-0.2, 0) is 10.3 Å². The van der Waals surface area contributed by atoms with Gasteiger partial charge in [0, 0.05) is 11.6 Å². The van der Waals surface area contributed by atoms with Gasteiger partial charge in [-0.15, -0.1) is 10.2 Å². The van der Waals surface area contributed by atoms with Gasteiger partial charge in [0.15, 0.2) is 5.78 Å². The summed E-state index contributed by atoms with van der Waals surface area (Å²) in [6.07, 6.45) is 0. The molecule has 0 saturated carbocycles. The van der Waals surface area contributed by atoms with Crippen molar-refractivity contribution in [2.24, 2.45) is 0 Å². The fourth-order valence-electron chi connectivity index (χ4n) is 3.22. The first kappa shape index (κ1) is 19.3. The molecule has 152 valence electrons. The highest BCUT2D eigenvalue weighted by Crippen LogP contribution is 2.30. The van der Waals surface area contributed by atoms with Crippen LogP contribution in [-0.4, -0.2) is 49.8 Å². The Morgan fingerprint density at radius 2 is 1.87 bits per heavy atom. The molecule has 1 aromatic heterocycles. The van der Waals surface area contributed by atoms with Gasteiger partial charge in [-0.1, -0.05) is 24.3 Å². The second-order valence-electron chi connectivity index (χ2n) is 6.81. The molecule has 1 saturated heterocycles. The first-order chi connectivity index (χ1) is 14.3. The van der Waals surface area contributed by atoms with Gasteiger partial charge in [-0.05, 0) is 29.8 Å². The van der Waals surface area contributed by atoms with Crippen molar-refractivity contribution in [1.29, 1.82) is 0 Å². The van der Waals surface area contributed by atoms with Gasteiger partial charge in [0.2, 0.25) is 5.82 Å². The second kappa shape index (κ2) is 7.10. The van der Waals surface area contributed by atoms with Gasteiger partial charge < -0.3 is 5.32 Å². The molecule has 30 heavy (non-hydrogen) atoms. The number of nitrogens with one attached hydrogen (secondary N) is 2. The van der Waals surface area contributed by atoms with Crippen molar-refractivity contribution in [3.8, 4) is 11.4 Å². The van der Waals surface area contributed by atoms with Crippen LogP contribution in [0.15, 0.2) is 42.5 Å². The number of benzene rings is 2. The molecule has 1 unspecified atom stereocenters. The van der Waals surface area contributed by atoms with E-state index in [-0.39, 0.29) is 0 Å².